The summed E-state index contributed by atoms with van der Waals surface area (Å²) in [5, 5.41) is 8.16. The van der Waals surface area contributed by atoms with Crippen molar-refractivity contribution < 1.29 is 4.39 Å². The smallest absolute Gasteiger partial charge is 0.100 e. The minimum absolute atomic E-state index is 0.176. The van der Waals surface area contributed by atoms with Crippen LogP contribution in [-0.2, 0) is 0 Å². The van der Waals surface area contributed by atoms with E-state index in [-0.39, 0.29) is 5.57 Å². The molecule has 0 N–H and O–H groups in total. The van der Waals surface area contributed by atoms with Crippen LogP contribution in [0.3, 0.4) is 0 Å². The fourth-order valence-electron chi connectivity index (χ4n) is 0.392. The molecule has 0 radical (unpaired) electrons. The van der Waals surface area contributed by atoms with E-state index >= 15 is 0 Å². The fraction of sp³-hybridized carbons (Fsp3) is 0.286. The second-order valence-corrected chi connectivity index (χ2v) is 1.57. The zero-order valence-electron chi connectivity index (χ0n) is 5.10. The molecule has 2 heteroatoms. The molecule has 9 heavy (non-hydrogen) atoms. The summed E-state index contributed by atoms with van der Waals surface area (Å²) < 4.78 is 11.6. The van der Waals surface area contributed by atoms with Gasteiger partial charge in [0.1, 0.15) is 6.33 Å². The summed E-state index contributed by atoms with van der Waals surface area (Å²) in [6.07, 6.45) is 3.10. The van der Waals surface area contributed by atoms with Gasteiger partial charge in [0.15, 0.2) is 0 Å². The van der Waals surface area contributed by atoms with Crippen molar-refractivity contribution >= 4 is 0 Å². The highest BCUT2D eigenvalue weighted by molar-refractivity contribution is 5.18. The summed E-state index contributed by atoms with van der Waals surface area (Å²) >= 11 is 0. The monoisotopic (exact) mass is 125 g/mol. The summed E-state index contributed by atoms with van der Waals surface area (Å²) in [7, 11) is 0. The van der Waals surface area contributed by atoms with Crippen LogP contribution < -0.4 is 0 Å². The van der Waals surface area contributed by atoms with Crippen molar-refractivity contribution in [2.24, 2.45) is 0 Å². The molecular weight excluding hydrogens is 117 g/mol. The Morgan fingerprint density at radius 1 is 1.78 bits per heavy atom. The van der Waals surface area contributed by atoms with Gasteiger partial charge < -0.3 is 0 Å². The molecule has 0 bridgehead atoms. The largest absolute Gasteiger partial charge is 0.214 e. The lowest BCUT2D eigenvalue weighted by Gasteiger charge is -1.87. The molecule has 0 aromatic heterocycles. The highest BCUT2D eigenvalue weighted by atomic mass is 19.1. The topological polar surface area (TPSA) is 23.8 Å². The van der Waals surface area contributed by atoms with Crippen molar-refractivity contribution in [3.63, 3.8) is 0 Å². The third-order valence-corrected chi connectivity index (χ3v) is 0.893. The average Bonchev–Trinajstić information content (AvgIpc) is 1.91. The van der Waals surface area contributed by atoms with Gasteiger partial charge in [0.25, 0.3) is 0 Å². The molecule has 0 aromatic rings. The molecule has 0 saturated carbocycles. The standard InChI is InChI=1S/C7H8FN/c1-2-3-4-7(5-8)6-9/h2,5H,1,3-4H2/b7-5-. The van der Waals surface area contributed by atoms with E-state index in [1.54, 1.807) is 12.1 Å². The first-order valence-electron chi connectivity index (χ1n) is 2.65. The van der Waals surface area contributed by atoms with E-state index in [0.717, 1.165) is 0 Å². The minimum atomic E-state index is 0.176. The van der Waals surface area contributed by atoms with Gasteiger partial charge in [-0.1, -0.05) is 6.08 Å². The molecule has 0 aliphatic carbocycles. The highest BCUT2D eigenvalue weighted by Gasteiger charge is 1.90. The van der Waals surface area contributed by atoms with Gasteiger partial charge in [0.05, 0.1) is 11.6 Å². The number of nitriles is 1. The van der Waals surface area contributed by atoms with Crippen molar-refractivity contribution in [3.8, 4) is 6.07 Å². The maximum absolute atomic E-state index is 11.6. The lowest BCUT2D eigenvalue weighted by molar-refractivity contribution is 0.706. The van der Waals surface area contributed by atoms with Gasteiger partial charge in [-0.05, 0) is 12.8 Å². The van der Waals surface area contributed by atoms with E-state index in [4.69, 9.17) is 5.26 Å². The lowest BCUT2D eigenvalue weighted by atomic mass is 10.2. The minimum Gasteiger partial charge on any atom is -0.214 e. The van der Waals surface area contributed by atoms with Gasteiger partial charge in [-0.3, -0.25) is 0 Å². The zero-order chi connectivity index (χ0) is 7.11. The zero-order valence-corrected chi connectivity index (χ0v) is 5.10. The SMILES string of the molecule is C=CCC/C(C#N)=C/F. The van der Waals surface area contributed by atoms with Crippen molar-refractivity contribution in [3.05, 3.63) is 24.6 Å². The van der Waals surface area contributed by atoms with E-state index in [0.29, 0.717) is 19.2 Å². The second kappa shape index (κ2) is 5.04. The van der Waals surface area contributed by atoms with Crippen LogP contribution in [0.4, 0.5) is 4.39 Å². The summed E-state index contributed by atoms with van der Waals surface area (Å²) in [5.74, 6) is 0. The first kappa shape index (κ1) is 7.90. The van der Waals surface area contributed by atoms with E-state index in [9.17, 15) is 4.39 Å². The lowest BCUT2D eigenvalue weighted by Crippen LogP contribution is -1.74. The van der Waals surface area contributed by atoms with Gasteiger partial charge in [0, 0.05) is 0 Å². The summed E-state index contributed by atoms with van der Waals surface area (Å²) in [4.78, 5) is 0. The molecule has 0 aliphatic rings. The van der Waals surface area contributed by atoms with Crippen molar-refractivity contribution in [1.29, 1.82) is 5.26 Å². The Bertz CT molecular complexity index is 153. The molecule has 0 atom stereocenters. The maximum Gasteiger partial charge on any atom is 0.100 e. The van der Waals surface area contributed by atoms with Crippen molar-refractivity contribution in [2.45, 2.75) is 12.8 Å². The van der Waals surface area contributed by atoms with Crippen LogP contribution in [0.2, 0.25) is 0 Å². The molecule has 0 rings (SSSR count). The first-order chi connectivity index (χ1) is 4.35. The molecule has 0 unspecified atom stereocenters. The molecule has 0 aliphatic heterocycles. The van der Waals surface area contributed by atoms with Gasteiger partial charge in [-0.25, -0.2) is 4.39 Å². The van der Waals surface area contributed by atoms with Crippen LogP contribution >= 0.6 is 0 Å². The van der Waals surface area contributed by atoms with Gasteiger partial charge in [-0.15, -0.1) is 6.58 Å². The van der Waals surface area contributed by atoms with E-state index < -0.39 is 0 Å². The molecule has 0 spiro atoms. The Morgan fingerprint density at radius 3 is 2.78 bits per heavy atom. The average molecular weight is 125 g/mol. The number of nitrogens with zero attached hydrogens (tertiary/aromatic N) is 1. The van der Waals surface area contributed by atoms with Crippen LogP contribution in [-0.4, -0.2) is 0 Å². The number of hydrogen-bond acceptors (Lipinski definition) is 1. The molecule has 0 heterocycles. The third kappa shape index (κ3) is 3.48. The number of allylic oxidation sites excluding steroid dienone is 2. The van der Waals surface area contributed by atoms with Gasteiger partial charge >= 0.3 is 0 Å². The Hall–Kier alpha value is -1.10. The first-order valence-corrected chi connectivity index (χ1v) is 2.65. The predicted octanol–water partition coefficient (Wildman–Crippen LogP) is 2.33. The normalized spacial score (nSPS) is 10.4. The molecule has 48 valence electrons. The molecule has 0 saturated heterocycles. The molecular formula is C7H8FN. The van der Waals surface area contributed by atoms with Crippen LogP contribution in [0.5, 0.6) is 0 Å². The van der Waals surface area contributed by atoms with Crippen LogP contribution in [0.25, 0.3) is 0 Å². The Kier molecular flexibility index (Phi) is 4.43. The summed E-state index contributed by atoms with van der Waals surface area (Å²) in [5.41, 5.74) is 0.176. The maximum atomic E-state index is 11.6. The summed E-state index contributed by atoms with van der Waals surface area (Å²) in [6, 6.07) is 1.72. The van der Waals surface area contributed by atoms with Gasteiger partial charge in [-0.2, -0.15) is 5.26 Å². The Labute approximate surface area is 54.1 Å². The summed E-state index contributed by atoms with van der Waals surface area (Å²) in [6.45, 7) is 3.44. The molecule has 0 fully saturated rings. The number of halogens is 1. The highest BCUT2D eigenvalue weighted by Crippen LogP contribution is 2.03. The van der Waals surface area contributed by atoms with Crippen LogP contribution in [0, 0.1) is 11.3 Å². The van der Waals surface area contributed by atoms with Crippen LogP contribution in [0.1, 0.15) is 12.8 Å². The molecule has 0 aromatic carbocycles. The molecule has 1 nitrogen and oxygen atoms in total. The van der Waals surface area contributed by atoms with Crippen molar-refractivity contribution in [1.82, 2.24) is 0 Å². The Balaban J connectivity index is 3.61. The fourth-order valence-corrected chi connectivity index (χ4v) is 0.392. The molecule has 0 amide bonds. The second-order valence-electron chi connectivity index (χ2n) is 1.57. The van der Waals surface area contributed by atoms with Crippen molar-refractivity contribution in [2.75, 3.05) is 0 Å². The Morgan fingerprint density at radius 2 is 2.44 bits per heavy atom. The van der Waals surface area contributed by atoms with E-state index in [1.807, 2.05) is 0 Å². The third-order valence-electron chi connectivity index (χ3n) is 0.893. The van der Waals surface area contributed by atoms with Crippen LogP contribution in [0.15, 0.2) is 24.6 Å². The van der Waals surface area contributed by atoms with Gasteiger partial charge in [0.2, 0.25) is 0 Å². The predicted molar refractivity (Wildman–Crippen MR) is 34.2 cm³/mol. The van der Waals surface area contributed by atoms with E-state index in [1.165, 1.54) is 0 Å². The quantitative estimate of drug-likeness (QED) is 0.419. The number of rotatable bonds is 3. The van der Waals surface area contributed by atoms with E-state index in [2.05, 4.69) is 6.58 Å². The number of hydrogen-bond donors (Lipinski definition) is 0.